The largest absolute Gasteiger partial charge is 0.330 e. The molecule has 0 aliphatic rings. The van der Waals surface area contributed by atoms with Crippen LogP contribution in [0.3, 0.4) is 0 Å². The predicted molar refractivity (Wildman–Crippen MR) is 78.4 cm³/mol. The smallest absolute Gasteiger partial charge is 0.142 e. The first kappa shape index (κ1) is 14.3. The van der Waals surface area contributed by atoms with Gasteiger partial charge in [-0.1, -0.05) is 47.5 Å². The van der Waals surface area contributed by atoms with Crippen LogP contribution in [0.4, 0.5) is 4.39 Å². The highest BCUT2D eigenvalue weighted by atomic mass is 35.5. The van der Waals surface area contributed by atoms with Gasteiger partial charge in [-0.15, -0.1) is 0 Å². The molecule has 19 heavy (non-hydrogen) atoms. The maximum Gasteiger partial charge on any atom is 0.142 e. The third-order valence-electron chi connectivity index (χ3n) is 3.12. The van der Waals surface area contributed by atoms with Crippen molar-refractivity contribution in [3.63, 3.8) is 0 Å². The van der Waals surface area contributed by atoms with Crippen LogP contribution in [-0.2, 0) is 6.42 Å². The van der Waals surface area contributed by atoms with Crippen LogP contribution in [0.5, 0.6) is 0 Å². The first-order valence-corrected chi connectivity index (χ1v) is 6.76. The lowest BCUT2D eigenvalue weighted by atomic mass is 9.92. The highest BCUT2D eigenvalue weighted by Gasteiger charge is 2.14. The van der Waals surface area contributed by atoms with Gasteiger partial charge in [0.05, 0.1) is 5.02 Å². The van der Waals surface area contributed by atoms with Crippen LogP contribution in [0.1, 0.15) is 17.0 Å². The topological polar surface area (TPSA) is 26.0 Å². The minimum Gasteiger partial charge on any atom is -0.330 e. The van der Waals surface area contributed by atoms with Crippen molar-refractivity contribution in [2.45, 2.75) is 12.3 Å². The second-order valence-electron chi connectivity index (χ2n) is 4.40. The van der Waals surface area contributed by atoms with Crippen LogP contribution >= 0.6 is 23.2 Å². The van der Waals surface area contributed by atoms with Crippen molar-refractivity contribution in [3.8, 4) is 0 Å². The van der Waals surface area contributed by atoms with Gasteiger partial charge in [0.1, 0.15) is 5.82 Å². The second-order valence-corrected chi connectivity index (χ2v) is 5.22. The summed E-state index contributed by atoms with van der Waals surface area (Å²) in [4.78, 5) is 0. The molecule has 0 fully saturated rings. The van der Waals surface area contributed by atoms with Crippen LogP contribution < -0.4 is 5.73 Å². The zero-order valence-electron chi connectivity index (χ0n) is 10.2. The third kappa shape index (κ3) is 3.47. The highest BCUT2D eigenvalue weighted by molar-refractivity contribution is 6.31. The minimum absolute atomic E-state index is 0.0940. The van der Waals surface area contributed by atoms with E-state index in [1.165, 1.54) is 6.07 Å². The van der Waals surface area contributed by atoms with E-state index in [1.54, 1.807) is 6.07 Å². The van der Waals surface area contributed by atoms with Gasteiger partial charge < -0.3 is 5.73 Å². The van der Waals surface area contributed by atoms with Crippen molar-refractivity contribution >= 4 is 23.2 Å². The van der Waals surface area contributed by atoms with Crippen LogP contribution in [-0.4, -0.2) is 6.54 Å². The molecule has 0 saturated heterocycles. The Morgan fingerprint density at radius 3 is 2.37 bits per heavy atom. The summed E-state index contributed by atoms with van der Waals surface area (Å²) in [5.74, 6) is -0.303. The fraction of sp³-hybridized carbons (Fsp3) is 0.200. The fourth-order valence-corrected chi connectivity index (χ4v) is 2.37. The van der Waals surface area contributed by atoms with E-state index in [1.807, 2.05) is 30.3 Å². The quantitative estimate of drug-likeness (QED) is 0.888. The van der Waals surface area contributed by atoms with E-state index in [0.717, 1.165) is 11.1 Å². The number of halogens is 3. The van der Waals surface area contributed by atoms with Gasteiger partial charge in [0.15, 0.2) is 0 Å². The van der Waals surface area contributed by atoms with E-state index in [2.05, 4.69) is 0 Å². The van der Waals surface area contributed by atoms with Crippen LogP contribution in [0, 0.1) is 5.82 Å². The molecule has 0 aliphatic heterocycles. The van der Waals surface area contributed by atoms with Crippen molar-refractivity contribution in [2.75, 3.05) is 6.54 Å². The lowest BCUT2D eigenvalue weighted by Crippen LogP contribution is -2.15. The molecule has 0 heterocycles. The molecule has 2 rings (SSSR count). The Morgan fingerprint density at radius 1 is 1.05 bits per heavy atom. The van der Waals surface area contributed by atoms with E-state index >= 15 is 0 Å². The molecule has 0 amide bonds. The first-order valence-electron chi connectivity index (χ1n) is 6.00. The van der Waals surface area contributed by atoms with Crippen molar-refractivity contribution in [2.24, 2.45) is 5.73 Å². The van der Waals surface area contributed by atoms with Crippen molar-refractivity contribution < 1.29 is 4.39 Å². The molecule has 2 N–H and O–H groups in total. The lowest BCUT2D eigenvalue weighted by Gasteiger charge is -2.16. The SMILES string of the molecule is NCC(Cc1cccc(F)c1Cl)c1ccc(Cl)cc1. The Balaban J connectivity index is 2.24. The van der Waals surface area contributed by atoms with Gasteiger partial charge in [0, 0.05) is 10.9 Å². The molecular weight excluding hydrogens is 284 g/mol. The normalized spacial score (nSPS) is 12.4. The van der Waals surface area contributed by atoms with Gasteiger partial charge in [-0.25, -0.2) is 4.39 Å². The highest BCUT2D eigenvalue weighted by Crippen LogP contribution is 2.27. The monoisotopic (exact) mass is 297 g/mol. The second kappa shape index (κ2) is 6.38. The molecule has 100 valence electrons. The molecular formula is C15H14Cl2FN. The zero-order valence-corrected chi connectivity index (χ0v) is 11.8. The van der Waals surface area contributed by atoms with Crippen LogP contribution in [0.15, 0.2) is 42.5 Å². The summed E-state index contributed by atoms with van der Waals surface area (Å²) in [6, 6.07) is 12.4. The Kier molecular flexibility index (Phi) is 4.81. The van der Waals surface area contributed by atoms with Gasteiger partial charge in [-0.2, -0.15) is 0 Å². The summed E-state index contributed by atoms with van der Waals surface area (Å²) in [7, 11) is 0. The number of hydrogen-bond acceptors (Lipinski definition) is 1. The van der Waals surface area contributed by atoms with Crippen molar-refractivity contribution in [3.05, 3.63) is 69.5 Å². The van der Waals surface area contributed by atoms with E-state index in [-0.39, 0.29) is 10.9 Å². The molecule has 4 heteroatoms. The fourth-order valence-electron chi connectivity index (χ4n) is 2.04. The van der Waals surface area contributed by atoms with E-state index < -0.39 is 5.82 Å². The summed E-state index contributed by atoms with van der Waals surface area (Å²) in [5, 5.41) is 0.859. The van der Waals surface area contributed by atoms with E-state index in [0.29, 0.717) is 18.0 Å². The molecule has 0 aliphatic carbocycles. The molecule has 0 radical (unpaired) electrons. The molecule has 1 nitrogen and oxygen atoms in total. The van der Waals surface area contributed by atoms with Gasteiger partial charge in [-0.05, 0) is 42.3 Å². The summed E-state index contributed by atoms with van der Waals surface area (Å²) in [6.07, 6.45) is 0.606. The average Bonchev–Trinajstić information content (AvgIpc) is 2.42. The Bertz CT molecular complexity index is 555. The number of hydrogen-bond donors (Lipinski definition) is 1. The molecule has 0 aromatic heterocycles. The Labute approximate surface area is 122 Å². The lowest BCUT2D eigenvalue weighted by molar-refractivity contribution is 0.621. The summed E-state index contributed by atoms with van der Waals surface area (Å²) in [6.45, 7) is 0.467. The summed E-state index contributed by atoms with van der Waals surface area (Å²) in [5.41, 5.74) is 7.66. The zero-order chi connectivity index (χ0) is 13.8. The van der Waals surface area contributed by atoms with Crippen LogP contribution in [0.25, 0.3) is 0 Å². The van der Waals surface area contributed by atoms with E-state index in [4.69, 9.17) is 28.9 Å². The third-order valence-corrected chi connectivity index (χ3v) is 3.80. The average molecular weight is 298 g/mol. The maximum absolute atomic E-state index is 13.4. The minimum atomic E-state index is -0.397. The van der Waals surface area contributed by atoms with Gasteiger partial charge in [0.2, 0.25) is 0 Å². The first-order chi connectivity index (χ1) is 9.11. The molecule has 1 unspecified atom stereocenters. The molecule has 0 spiro atoms. The Hall–Kier alpha value is -1.09. The number of rotatable bonds is 4. The van der Waals surface area contributed by atoms with E-state index in [9.17, 15) is 4.39 Å². The number of nitrogens with two attached hydrogens (primary N) is 1. The molecule has 0 bridgehead atoms. The van der Waals surface area contributed by atoms with Gasteiger partial charge >= 0.3 is 0 Å². The van der Waals surface area contributed by atoms with Gasteiger partial charge in [-0.3, -0.25) is 0 Å². The Morgan fingerprint density at radius 2 is 1.74 bits per heavy atom. The summed E-state index contributed by atoms with van der Waals surface area (Å²) >= 11 is 11.8. The number of benzene rings is 2. The molecule has 1 atom stereocenters. The summed E-state index contributed by atoms with van der Waals surface area (Å²) < 4.78 is 13.4. The molecule has 0 saturated carbocycles. The van der Waals surface area contributed by atoms with Crippen LogP contribution in [0.2, 0.25) is 10.0 Å². The van der Waals surface area contributed by atoms with Gasteiger partial charge in [0.25, 0.3) is 0 Å². The maximum atomic E-state index is 13.4. The standard InChI is InChI=1S/C15H14Cl2FN/c16-13-6-4-10(5-7-13)12(9-19)8-11-2-1-3-14(18)15(11)17/h1-7,12H,8-9,19H2. The van der Waals surface area contributed by atoms with Crippen molar-refractivity contribution in [1.29, 1.82) is 0 Å². The molecule has 2 aromatic carbocycles. The predicted octanol–water partition coefficient (Wildman–Crippen LogP) is 4.42. The van der Waals surface area contributed by atoms with Crippen molar-refractivity contribution in [1.82, 2.24) is 0 Å². The molecule has 2 aromatic rings.